The average molecular weight is 230 g/mol. The fourth-order valence-corrected chi connectivity index (χ4v) is 1.46. The van der Waals surface area contributed by atoms with Crippen LogP contribution in [0.1, 0.15) is 11.1 Å². The summed E-state index contributed by atoms with van der Waals surface area (Å²) in [6.45, 7) is 0.490. The Bertz CT molecular complexity index is 476. The molecule has 0 bridgehead atoms. The third-order valence-electron chi connectivity index (χ3n) is 2.39. The summed E-state index contributed by atoms with van der Waals surface area (Å²) in [7, 11) is 0. The predicted octanol–water partition coefficient (Wildman–Crippen LogP) is 0.851. The molecule has 1 amide bonds. The van der Waals surface area contributed by atoms with Gasteiger partial charge in [0.15, 0.2) is 0 Å². The highest BCUT2D eigenvalue weighted by Gasteiger charge is 2.03. The fourth-order valence-electron chi connectivity index (χ4n) is 1.46. The number of carbonyl (C=O) groups is 1. The first-order chi connectivity index (χ1) is 8.24. The Morgan fingerprint density at radius 1 is 1.29 bits per heavy atom. The number of hydrogen-bond acceptors (Lipinski definition) is 3. The van der Waals surface area contributed by atoms with E-state index in [1.807, 2.05) is 12.1 Å². The number of nitrogens with zero attached hydrogens (tertiary/aromatic N) is 1. The standard InChI is InChI=1S/C12H14N4O/c13-11-3-1-9(2-4-11)5-12(17)14-6-10-7-15-16-8-10/h1-4,7-8H,5-6,13H2,(H,14,17)(H,15,16). The summed E-state index contributed by atoms with van der Waals surface area (Å²) < 4.78 is 0. The van der Waals surface area contributed by atoms with Crippen molar-refractivity contribution in [3.05, 3.63) is 47.8 Å². The van der Waals surface area contributed by atoms with E-state index in [0.29, 0.717) is 18.7 Å². The van der Waals surface area contributed by atoms with Crippen molar-refractivity contribution in [3.8, 4) is 0 Å². The molecule has 2 aromatic rings. The lowest BCUT2D eigenvalue weighted by Crippen LogP contribution is -2.24. The normalized spacial score (nSPS) is 10.1. The number of nitrogens with two attached hydrogens (primary N) is 1. The molecule has 0 aliphatic rings. The van der Waals surface area contributed by atoms with Gasteiger partial charge in [0.25, 0.3) is 0 Å². The second kappa shape index (κ2) is 5.16. The Morgan fingerprint density at radius 3 is 2.71 bits per heavy atom. The molecule has 0 saturated heterocycles. The number of anilines is 1. The van der Waals surface area contributed by atoms with E-state index in [4.69, 9.17) is 5.73 Å². The highest BCUT2D eigenvalue weighted by atomic mass is 16.1. The van der Waals surface area contributed by atoms with Crippen LogP contribution in [-0.4, -0.2) is 16.1 Å². The largest absolute Gasteiger partial charge is 0.399 e. The molecule has 0 fully saturated rings. The van der Waals surface area contributed by atoms with Crippen LogP contribution in [0.25, 0.3) is 0 Å². The van der Waals surface area contributed by atoms with Crippen molar-refractivity contribution in [3.63, 3.8) is 0 Å². The van der Waals surface area contributed by atoms with E-state index in [0.717, 1.165) is 11.1 Å². The van der Waals surface area contributed by atoms with Gasteiger partial charge in [-0.05, 0) is 17.7 Å². The molecule has 5 heteroatoms. The monoisotopic (exact) mass is 230 g/mol. The van der Waals surface area contributed by atoms with Gasteiger partial charge in [-0.2, -0.15) is 5.10 Å². The second-order valence-electron chi connectivity index (χ2n) is 3.80. The molecule has 1 heterocycles. The fraction of sp³-hybridized carbons (Fsp3) is 0.167. The van der Waals surface area contributed by atoms with E-state index < -0.39 is 0 Å². The molecule has 0 unspecified atom stereocenters. The molecule has 1 aromatic carbocycles. The Kier molecular flexibility index (Phi) is 3.40. The Balaban J connectivity index is 1.83. The van der Waals surface area contributed by atoms with Crippen LogP contribution >= 0.6 is 0 Å². The maximum absolute atomic E-state index is 11.6. The lowest BCUT2D eigenvalue weighted by Gasteiger charge is -2.04. The molecule has 0 spiro atoms. The van der Waals surface area contributed by atoms with Gasteiger partial charge in [-0.25, -0.2) is 0 Å². The van der Waals surface area contributed by atoms with Gasteiger partial charge in [0.2, 0.25) is 5.91 Å². The molecular formula is C12H14N4O. The first kappa shape index (κ1) is 11.2. The summed E-state index contributed by atoms with van der Waals surface area (Å²) in [5, 5.41) is 9.32. The number of carbonyl (C=O) groups excluding carboxylic acids is 1. The Hall–Kier alpha value is -2.30. The number of hydrogen-bond donors (Lipinski definition) is 3. The van der Waals surface area contributed by atoms with Gasteiger partial charge in [0, 0.05) is 24.0 Å². The maximum atomic E-state index is 11.6. The molecule has 0 atom stereocenters. The van der Waals surface area contributed by atoms with Crippen LogP contribution in [-0.2, 0) is 17.8 Å². The highest BCUT2D eigenvalue weighted by molar-refractivity contribution is 5.78. The number of nitrogens with one attached hydrogen (secondary N) is 2. The minimum absolute atomic E-state index is 0.0176. The van der Waals surface area contributed by atoms with Gasteiger partial charge >= 0.3 is 0 Å². The van der Waals surface area contributed by atoms with Crippen molar-refractivity contribution in [2.24, 2.45) is 0 Å². The quantitative estimate of drug-likeness (QED) is 0.681. The Labute approximate surface area is 99.0 Å². The smallest absolute Gasteiger partial charge is 0.224 e. The third kappa shape index (κ3) is 3.34. The van der Waals surface area contributed by atoms with Crippen LogP contribution in [0.3, 0.4) is 0 Å². The van der Waals surface area contributed by atoms with Crippen LogP contribution in [0.2, 0.25) is 0 Å². The van der Waals surface area contributed by atoms with Gasteiger partial charge in [-0.15, -0.1) is 0 Å². The first-order valence-electron chi connectivity index (χ1n) is 5.33. The number of rotatable bonds is 4. The van der Waals surface area contributed by atoms with Crippen molar-refractivity contribution in [2.45, 2.75) is 13.0 Å². The van der Waals surface area contributed by atoms with Crippen molar-refractivity contribution < 1.29 is 4.79 Å². The van der Waals surface area contributed by atoms with E-state index in [-0.39, 0.29) is 5.91 Å². The Morgan fingerprint density at radius 2 is 2.06 bits per heavy atom. The van der Waals surface area contributed by atoms with E-state index in [1.165, 1.54) is 0 Å². The molecule has 88 valence electrons. The maximum Gasteiger partial charge on any atom is 0.224 e. The van der Waals surface area contributed by atoms with Gasteiger partial charge in [-0.1, -0.05) is 12.1 Å². The summed E-state index contributed by atoms with van der Waals surface area (Å²) >= 11 is 0. The third-order valence-corrected chi connectivity index (χ3v) is 2.39. The summed E-state index contributed by atoms with van der Waals surface area (Å²) in [4.78, 5) is 11.6. The number of amides is 1. The lowest BCUT2D eigenvalue weighted by atomic mass is 10.1. The van der Waals surface area contributed by atoms with E-state index >= 15 is 0 Å². The summed E-state index contributed by atoms with van der Waals surface area (Å²) in [5.41, 5.74) is 8.17. The number of H-pyrrole nitrogens is 1. The SMILES string of the molecule is Nc1ccc(CC(=O)NCc2cn[nH]c2)cc1. The highest BCUT2D eigenvalue weighted by Crippen LogP contribution is 2.06. The summed E-state index contributed by atoms with van der Waals surface area (Å²) in [6.07, 6.45) is 3.80. The predicted molar refractivity (Wildman–Crippen MR) is 65.0 cm³/mol. The number of benzene rings is 1. The average Bonchev–Trinajstić information content (AvgIpc) is 2.83. The molecule has 5 nitrogen and oxygen atoms in total. The number of aromatic amines is 1. The molecule has 4 N–H and O–H groups in total. The lowest BCUT2D eigenvalue weighted by molar-refractivity contribution is -0.120. The zero-order valence-electron chi connectivity index (χ0n) is 9.31. The molecule has 0 aliphatic heterocycles. The second-order valence-corrected chi connectivity index (χ2v) is 3.80. The van der Waals surface area contributed by atoms with Crippen molar-refractivity contribution >= 4 is 11.6 Å². The van der Waals surface area contributed by atoms with Gasteiger partial charge in [-0.3, -0.25) is 9.89 Å². The van der Waals surface area contributed by atoms with Crippen LogP contribution in [0.4, 0.5) is 5.69 Å². The molecule has 0 saturated carbocycles. The van der Waals surface area contributed by atoms with Crippen LogP contribution in [0.5, 0.6) is 0 Å². The zero-order valence-corrected chi connectivity index (χ0v) is 9.31. The minimum atomic E-state index is -0.0176. The molecule has 1 aromatic heterocycles. The van der Waals surface area contributed by atoms with Crippen molar-refractivity contribution in [1.29, 1.82) is 0 Å². The molecule has 0 aliphatic carbocycles. The van der Waals surface area contributed by atoms with E-state index in [9.17, 15) is 4.79 Å². The summed E-state index contributed by atoms with van der Waals surface area (Å²) in [6, 6.07) is 7.29. The molecular weight excluding hydrogens is 216 g/mol. The van der Waals surface area contributed by atoms with E-state index in [2.05, 4.69) is 15.5 Å². The number of aromatic nitrogens is 2. The van der Waals surface area contributed by atoms with Gasteiger partial charge < -0.3 is 11.1 Å². The van der Waals surface area contributed by atoms with Crippen LogP contribution in [0.15, 0.2) is 36.7 Å². The molecule has 2 rings (SSSR count). The van der Waals surface area contributed by atoms with Crippen molar-refractivity contribution in [1.82, 2.24) is 15.5 Å². The van der Waals surface area contributed by atoms with Crippen LogP contribution in [0, 0.1) is 0 Å². The van der Waals surface area contributed by atoms with E-state index in [1.54, 1.807) is 24.5 Å². The first-order valence-corrected chi connectivity index (χ1v) is 5.33. The number of nitrogen functional groups attached to an aromatic ring is 1. The molecule has 0 radical (unpaired) electrons. The van der Waals surface area contributed by atoms with Crippen LogP contribution < -0.4 is 11.1 Å². The molecule has 17 heavy (non-hydrogen) atoms. The van der Waals surface area contributed by atoms with Gasteiger partial charge in [0.1, 0.15) is 0 Å². The van der Waals surface area contributed by atoms with Gasteiger partial charge in [0.05, 0.1) is 12.6 Å². The van der Waals surface area contributed by atoms with Crippen molar-refractivity contribution in [2.75, 3.05) is 5.73 Å². The zero-order chi connectivity index (χ0) is 12.1. The summed E-state index contributed by atoms with van der Waals surface area (Å²) in [5.74, 6) is -0.0176. The topological polar surface area (TPSA) is 83.8 Å². The minimum Gasteiger partial charge on any atom is -0.399 e.